The molecule has 0 aliphatic carbocycles. The molecule has 5 heteroatoms. The summed E-state index contributed by atoms with van der Waals surface area (Å²) in [6, 6.07) is 8.65. The largest absolute Gasteiger partial charge is 0.418 e. The summed E-state index contributed by atoms with van der Waals surface area (Å²) < 4.78 is 10.6. The van der Waals surface area contributed by atoms with Crippen molar-refractivity contribution in [3.8, 4) is 0 Å². The number of ketones is 1. The highest BCUT2D eigenvalue weighted by atomic mass is 16.5. The van der Waals surface area contributed by atoms with Crippen molar-refractivity contribution in [2.24, 2.45) is 5.92 Å². The Balaban J connectivity index is 2.12. The maximum atomic E-state index is 12.6. The van der Waals surface area contributed by atoms with Crippen LogP contribution in [0.1, 0.15) is 23.2 Å². The second-order valence-electron chi connectivity index (χ2n) is 5.46. The number of allylic oxidation sites excluding steroid dienone is 1. The Hall–Kier alpha value is -2.14. The molecule has 0 spiro atoms. The molecule has 1 heterocycles. The fourth-order valence-electron chi connectivity index (χ4n) is 2.27. The smallest absolute Gasteiger partial charge is 0.343 e. The molecular weight excluding hydrogens is 282 g/mol. The van der Waals surface area contributed by atoms with Gasteiger partial charge in [0.25, 0.3) is 0 Å². The SMILES string of the molecule is CN(C)C=C(OC(=O)c1ccccc1)C(=O)C1CCOCC1. The van der Waals surface area contributed by atoms with Crippen LogP contribution in [-0.4, -0.2) is 44.0 Å². The fraction of sp³-hybridized carbons (Fsp3) is 0.412. The van der Waals surface area contributed by atoms with E-state index in [1.807, 2.05) is 6.07 Å². The third-order valence-corrected chi connectivity index (χ3v) is 3.42. The van der Waals surface area contributed by atoms with E-state index in [1.54, 1.807) is 49.5 Å². The summed E-state index contributed by atoms with van der Waals surface area (Å²) in [4.78, 5) is 26.4. The van der Waals surface area contributed by atoms with Gasteiger partial charge in [-0.3, -0.25) is 4.79 Å². The van der Waals surface area contributed by atoms with Gasteiger partial charge in [0.2, 0.25) is 5.78 Å². The number of carbonyl (C=O) groups is 2. The Morgan fingerprint density at radius 1 is 1.18 bits per heavy atom. The van der Waals surface area contributed by atoms with E-state index in [4.69, 9.17) is 9.47 Å². The van der Waals surface area contributed by atoms with Gasteiger partial charge in [0.15, 0.2) is 5.76 Å². The average Bonchev–Trinajstić information content (AvgIpc) is 2.54. The first-order valence-electron chi connectivity index (χ1n) is 7.35. The highest BCUT2D eigenvalue weighted by Gasteiger charge is 2.27. The van der Waals surface area contributed by atoms with Crippen LogP contribution in [0.2, 0.25) is 0 Å². The van der Waals surface area contributed by atoms with Crippen molar-refractivity contribution in [1.82, 2.24) is 4.90 Å². The van der Waals surface area contributed by atoms with Crippen LogP contribution in [0.3, 0.4) is 0 Å². The molecule has 0 atom stereocenters. The van der Waals surface area contributed by atoms with Gasteiger partial charge in [-0.2, -0.15) is 0 Å². The molecule has 22 heavy (non-hydrogen) atoms. The molecule has 1 aliphatic rings. The summed E-state index contributed by atoms with van der Waals surface area (Å²) in [5.41, 5.74) is 0.423. The number of ether oxygens (including phenoxy) is 2. The lowest BCUT2D eigenvalue weighted by atomic mass is 9.94. The van der Waals surface area contributed by atoms with Crippen LogP contribution in [0.5, 0.6) is 0 Å². The van der Waals surface area contributed by atoms with Crippen molar-refractivity contribution in [2.45, 2.75) is 12.8 Å². The van der Waals surface area contributed by atoms with Gasteiger partial charge in [-0.1, -0.05) is 18.2 Å². The molecule has 0 N–H and O–H groups in total. The number of rotatable bonds is 5. The molecule has 1 fully saturated rings. The van der Waals surface area contributed by atoms with E-state index >= 15 is 0 Å². The van der Waals surface area contributed by atoms with Gasteiger partial charge in [-0.05, 0) is 25.0 Å². The van der Waals surface area contributed by atoms with E-state index in [0.29, 0.717) is 31.6 Å². The normalized spacial score (nSPS) is 16.2. The van der Waals surface area contributed by atoms with Crippen molar-refractivity contribution in [1.29, 1.82) is 0 Å². The first-order valence-corrected chi connectivity index (χ1v) is 7.35. The summed E-state index contributed by atoms with van der Waals surface area (Å²) in [5, 5.41) is 0. The zero-order valence-corrected chi connectivity index (χ0v) is 13.0. The molecule has 1 aromatic carbocycles. The van der Waals surface area contributed by atoms with E-state index in [-0.39, 0.29) is 17.5 Å². The Morgan fingerprint density at radius 2 is 1.82 bits per heavy atom. The standard InChI is InChI=1S/C17H21NO4/c1-18(2)12-15(16(19)13-8-10-21-11-9-13)22-17(20)14-6-4-3-5-7-14/h3-7,12-13H,8-11H2,1-2H3. The molecule has 0 unspecified atom stereocenters. The zero-order valence-electron chi connectivity index (χ0n) is 13.0. The van der Waals surface area contributed by atoms with E-state index in [9.17, 15) is 9.59 Å². The number of nitrogens with zero attached hydrogens (tertiary/aromatic N) is 1. The maximum absolute atomic E-state index is 12.6. The van der Waals surface area contributed by atoms with Crippen LogP contribution < -0.4 is 0 Å². The number of benzene rings is 1. The van der Waals surface area contributed by atoms with E-state index in [2.05, 4.69) is 0 Å². The third kappa shape index (κ3) is 4.43. The summed E-state index contributed by atoms with van der Waals surface area (Å²) in [7, 11) is 3.57. The molecular formula is C17H21NO4. The summed E-state index contributed by atoms with van der Waals surface area (Å²) in [6.07, 6.45) is 2.87. The Morgan fingerprint density at radius 3 is 2.41 bits per heavy atom. The molecule has 2 rings (SSSR count). The quantitative estimate of drug-likeness (QED) is 0.474. The lowest BCUT2D eigenvalue weighted by Gasteiger charge is -2.22. The van der Waals surface area contributed by atoms with Crippen molar-refractivity contribution in [2.75, 3.05) is 27.3 Å². The monoisotopic (exact) mass is 303 g/mol. The molecule has 1 aliphatic heterocycles. The molecule has 1 saturated heterocycles. The molecule has 1 aromatic rings. The van der Waals surface area contributed by atoms with Crippen molar-refractivity contribution >= 4 is 11.8 Å². The molecule has 0 saturated carbocycles. The van der Waals surface area contributed by atoms with Crippen LogP contribution in [-0.2, 0) is 14.3 Å². The van der Waals surface area contributed by atoms with E-state index in [1.165, 1.54) is 0 Å². The van der Waals surface area contributed by atoms with Gasteiger partial charge in [-0.25, -0.2) is 4.79 Å². The number of esters is 1. The van der Waals surface area contributed by atoms with E-state index in [0.717, 1.165) is 0 Å². The number of Topliss-reactive ketones (excluding diaryl/α,β-unsaturated/α-hetero) is 1. The van der Waals surface area contributed by atoms with Crippen LogP contribution in [0.4, 0.5) is 0 Å². The van der Waals surface area contributed by atoms with Crippen LogP contribution in [0, 0.1) is 5.92 Å². The van der Waals surface area contributed by atoms with Gasteiger partial charge in [0.1, 0.15) is 0 Å². The van der Waals surface area contributed by atoms with Crippen LogP contribution in [0.25, 0.3) is 0 Å². The Bertz CT molecular complexity index is 545. The minimum atomic E-state index is -0.519. The second-order valence-corrected chi connectivity index (χ2v) is 5.46. The lowest BCUT2D eigenvalue weighted by Crippen LogP contribution is -2.27. The number of carbonyl (C=O) groups excluding carboxylic acids is 2. The third-order valence-electron chi connectivity index (χ3n) is 3.42. The fourth-order valence-corrected chi connectivity index (χ4v) is 2.27. The summed E-state index contributed by atoms with van der Waals surface area (Å²) >= 11 is 0. The topological polar surface area (TPSA) is 55.8 Å². The molecule has 5 nitrogen and oxygen atoms in total. The summed E-state index contributed by atoms with van der Waals surface area (Å²) in [6.45, 7) is 1.14. The number of hydrogen-bond acceptors (Lipinski definition) is 5. The van der Waals surface area contributed by atoms with Gasteiger partial charge in [0.05, 0.1) is 5.56 Å². The van der Waals surface area contributed by atoms with Gasteiger partial charge < -0.3 is 14.4 Å². The Labute approximate surface area is 130 Å². The molecule has 0 aromatic heterocycles. The molecule has 0 amide bonds. The van der Waals surface area contributed by atoms with E-state index < -0.39 is 5.97 Å². The van der Waals surface area contributed by atoms with Gasteiger partial charge in [-0.15, -0.1) is 0 Å². The second kappa shape index (κ2) is 7.75. The van der Waals surface area contributed by atoms with Crippen molar-refractivity contribution < 1.29 is 19.1 Å². The first kappa shape index (κ1) is 16.2. The first-order chi connectivity index (χ1) is 10.6. The van der Waals surface area contributed by atoms with Crippen LogP contribution in [0.15, 0.2) is 42.3 Å². The minimum absolute atomic E-state index is 0.0887. The van der Waals surface area contributed by atoms with Crippen LogP contribution >= 0.6 is 0 Å². The van der Waals surface area contributed by atoms with Crippen molar-refractivity contribution in [3.05, 3.63) is 47.9 Å². The van der Waals surface area contributed by atoms with Gasteiger partial charge in [0, 0.05) is 39.4 Å². The number of hydrogen-bond donors (Lipinski definition) is 0. The summed E-state index contributed by atoms with van der Waals surface area (Å²) in [5.74, 6) is -0.718. The van der Waals surface area contributed by atoms with Gasteiger partial charge >= 0.3 is 5.97 Å². The highest BCUT2D eigenvalue weighted by molar-refractivity contribution is 6.00. The maximum Gasteiger partial charge on any atom is 0.343 e. The highest BCUT2D eigenvalue weighted by Crippen LogP contribution is 2.21. The predicted octanol–water partition coefficient (Wildman–Crippen LogP) is 2.24. The molecule has 0 bridgehead atoms. The molecule has 118 valence electrons. The lowest BCUT2D eigenvalue weighted by molar-refractivity contribution is -0.124. The minimum Gasteiger partial charge on any atom is -0.418 e. The predicted molar refractivity (Wildman–Crippen MR) is 82.2 cm³/mol. The Kier molecular flexibility index (Phi) is 5.72. The van der Waals surface area contributed by atoms with Crippen molar-refractivity contribution in [3.63, 3.8) is 0 Å². The zero-order chi connectivity index (χ0) is 15.9. The molecule has 0 radical (unpaired) electrons. The average molecular weight is 303 g/mol.